The van der Waals surface area contributed by atoms with Crippen molar-refractivity contribution in [2.75, 3.05) is 0 Å². The van der Waals surface area contributed by atoms with Gasteiger partial charge in [-0.15, -0.1) is 12.6 Å². The summed E-state index contributed by atoms with van der Waals surface area (Å²) in [6, 6.07) is 21.9. The number of fused-ring (bicyclic) bond motifs is 2. The summed E-state index contributed by atoms with van der Waals surface area (Å²) in [7, 11) is 0. The summed E-state index contributed by atoms with van der Waals surface area (Å²) in [6.07, 6.45) is 1.78. The number of para-hydroxylation sites is 2. The molecule has 2 aromatic carbocycles. The second kappa shape index (κ2) is 6.73. The highest BCUT2D eigenvalue weighted by atomic mass is 32.1. The fourth-order valence-corrected chi connectivity index (χ4v) is 2.64. The van der Waals surface area contributed by atoms with Gasteiger partial charge in [-0.1, -0.05) is 48.6 Å². The lowest BCUT2D eigenvalue weighted by atomic mass is 10.2. The van der Waals surface area contributed by atoms with Gasteiger partial charge in [-0.3, -0.25) is 4.98 Å². The van der Waals surface area contributed by atoms with E-state index in [1.165, 1.54) is 5.39 Å². The average molecular weight is 322 g/mol. The Morgan fingerprint density at radius 2 is 1.59 bits per heavy atom. The molecule has 0 aliphatic carbocycles. The Hall–Kier alpha value is -2.17. The summed E-state index contributed by atoms with van der Waals surface area (Å²) < 4.78 is 0.781. The fourth-order valence-electron chi connectivity index (χ4n) is 2.18. The number of pyridine rings is 2. The van der Waals surface area contributed by atoms with Crippen LogP contribution in [0.4, 0.5) is 0 Å². The number of thiol groups is 1. The second-order valence-electron chi connectivity index (χ2n) is 4.76. The summed E-state index contributed by atoms with van der Waals surface area (Å²) in [5, 5.41) is 2.33. The molecule has 0 unspecified atom stereocenters. The Labute approximate surface area is 139 Å². The van der Waals surface area contributed by atoms with Crippen molar-refractivity contribution in [3.05, 3.63) is 77.6 Å². The van der Waals surface area contributed by atoms with Crippen LogP contribution in [-0.2, 0) is 0 Å². The maximum Gasteiger partial charge on any atom is 0.103 e. The smallest absolute Gasteiger partial charge is 0.103 e. The quantitative estimate of drug-likeness (QED) is 0.334. The zero-order valence-electron chi connectivity index (χ0n) is 11.7. The van der Waals surface area contributed by atoms with Crippen molar-refractivity contribution in [1.82, 2.24) is 9.97 Å². The highest BCUT2D eigenvalue weighted by molar-refractivity contribution is 7.80. The predicted molar refractivity (Wildman–Crippen MR) is 98.1 cm³/mol. The van der Waals surface area contributed by atoms with E-state index < -0.39 is 0 Å². The third-order valence-electron chi connectivity index (χ3n) is 3.24. The molecule has 0 saturated carbocycles. The maximum atomic E-state index is 4.98. The molecular formula is C18H14N2S2. The van der Waals surface area contributed by atoms with Gasteiger partial charge < -0.3 is 4.98 Å². The number of hydrogen-bond donors (Lipinski definition) is 2. The van der Waals surface area contributed by atoms with Crippen molar-refractivity contribution in [1.29, 1.82) is 0 Å². The van der Waals surface area contributed by atoms with E-state index in [9.17, 15) is 0 Å². The first-order chi connectivity index (χ1) is 10.7. The second-order valence-corrected chi connectivity index (χ2v) is 5.68. The molecule has 0 bridgehead atoms. The van der Waals surface area contributed by atoms with Gasteiger partial charge in [0.1, 0.15) is 4.64 Å². The minimum absolute atomic E-state index is 0.781. The molecule has 2 heterocycles. The van der Waals surface area contributed by atoms with Crippen molar-refractivity contribution in [3.8, 4) is 0 Å². The van der Waals surface area contributed by atoms with Crippen LogP contribution in [0.3, 0.4) is 0 Å². The molecule has 22 heavy (non-hydrogen) atoms. The van der Waals surface area contributed by atoms with E-state index in [2.05, 4.69) is 28.7 Å². The number of hydrogen-bond acceptors (Lipinski definition) is 3. The van der Waals surface area contributed by atoms with Crippen LogP contribution in [0.5, 0.6) is 0 Å². The van der Waals surface area contributed by atoms with Crippen LogP contribution in [-0.4, -0.2) is 9.97 Å². The Balaban J connectivity index is 0.000000131. The molecule has 0 amide bonds. The lowest BCUT2D eigenvalue weighted by Crippen LogP contribution is -1.77. The number of H-pyrrole nitrogens is 1. The van der Waals surface area contributed by atoms with Gasteiger partial charge in [0.25, 0.3) is 0 Å². The van der Waals surface area contributed by atoms with Gasteiger partial charge in [-0.25, -0.2) is 0 Å². The number of aromatic nitrogens is 2. The molecule has 0 fully saturated rings. The Morgan fingerprint density at radius 1 is 0.818 bits per heavy atom. The summed E-state index contributed by atoms with van der Waals surface area (Å²) in [5.41, 5.74) is 2.07. The van der Waals surface area contributed by atoms with Crippen LogP contribution in [0.15, 0.2) is 77.8 Å². The number of nitrogens with one attached hydrogen (secondary N) is 1. The number of nitrogens with zero attached hydrogens (tertiary/aromatic N) is 1. The summed E-state index contributed by atoms with van der Waals surface area (Å²) in [5.74, 6) is 0. The summed E-state index contributed by atoms with van der Waals surface area (Å²) in [4.78, 5) is 8.24. The molecule has 0 aliphatic rings. The van der Waals surface area contributed by atoms with Gasteiger partial charge in [0, 0.05) is 22.0 Å². The van der Waals surface area contributed by atoms with Gasteiger partial charge in [-0.05, 0) is 35.7 Å². The van der Waals surface area contributed by atoms with Crippen LogP contribution < -0.4 is 0 Å². The molecule has 4 rings (SSSR count). The molecule has 0 aliphatic heterocycles. The van der Waals surface area contributed by atoms with Crippen molar-refractivity contribution in [2.45, 2.75) is 4.90 Å². The van der Waals surface area contributed by atoms with Crippen molar-refractivity contribution in [2.24, 2.45) is 0 Å². The average Bonchev–Trinajstić information content (AvgIpc) is 2.56. The van der Waals surface area contributed by atoms with Crippen molar-refractivity contribution in [3.63, 3.8) is 0 Å². The Kier molecular flexibility index (Phi) is 4.51. The molecule has 0 saturated heterocycles. The number of rotatable bonds is 0. The lowest BCUT2D eigenvalue weighted by molar-refractivity contribution is 1.36. The number of aromatic amines is 1. The first-order valence-corrected chi connectivity index (χ1v) is 7.70. The van der Waals surface area contributed by atoms with E-state index >= 15 is 0 Å². The Bertz CT molecular complexity index is 971. The van der Waals surface area contributed by atoms with E-state index in [-0.39, 0.29) is 0 Å². The van der Waals surface area contributed by atoms with Gasteiger partial charge >= 0.3 is 0 Å². The van der Waals surface area contributed by atoms with Gasteiger partial charge in [0.15, 0.2) is 0 Å². The van der Waals surface area contributed by atoms with Crippen LogP contribution in [0.2, 0.25) is 0 Å². The molecular weight excluding hydrogens is 308 g/mol. The van der Waals surface area contributed by atoms with Gasteiger partial charge in [0.2, 0.25) is 0 Å². The SMILES string of the molecule is S=c1ccc2ccccc2[nH]1.Sc1cccc2cccnc12. The van der Waals surface area contributed by atoms with E-state index in [0.29, 0.717) is 0 Å². The molecule has 4 aromatic rings. The van der Waals surface area contributed by atoms with Crippen LogP contribution in [0, 0.1) is 4.64 Å². The predicted octanol–water partition coefficient (Wildman–Crippen LogP) is 5.42. The fraction of sp³-hybridized carbons (Fsp3) is 0. The molecule has 0 spiro atoms. The summed E-state index contributed by atoms with van der Waals surface area (Å²) >= 11 is 9.27. The first kappa shape index (κ1) is 14.8. The third kappa shape index (κ3) is 3.35. The van der Waals surface area contributed by atoms with E-state index in [4.69, 9.17) is 12.2 Å². The molecule has 108 valence electrons. The van der Waals surface area contributed by atoms with Gasteiger partial charge in [0.05, 0.1) is 5.52 Å². The molecule has 2 nitrogen and oxygen atoms in total. The zero-order chi connectivity index (χ0) is 15.4. The summed E-state index contributed by atoms with van der Waals surface area (Å²) in [6.45, 7) is 0. The van der Waals surface area contributed by atoms with Crippen molar-refractivity contribution < 1.29 is 0 Å². The minimum Gasteiger partial charge on any atom is -0.346 e. The normalized spacial score (nSPS) is 10.2. The number of benzene rings is 2. The standard InChI is InChI=1S/2C9H7NS/c11-8-5-1-3-7-4-2-6-10-9(7)8;11-9-6-5-7-3-1-2-4-8(7)10-9/h1-6,11H;1-6H,(H,10,11). The monoisotopic (exact) mass is 322 g/mol. The zero-order valence-corrected chi connectivity index (χ0v) is 13.4. The van der Waals surface area contributed by atoms with Crippen LogP contribution >= 0.6 is 24.8 Å². The Morgan fingerprint density at radius 3 is 2.45 bits per heavy atom. The van der Waals surface area contributed by atoms with E-state index in [0.717, 1.165) is 26.0 Å². The van der Waals surface area contributed by atoms with Gasteiger partial charge in [-0.2, -0.15) is 0 Å². The molecule has 0 radical (unpaired) electrons. The topological polar surface area (TPSA) is 28.7 Å². The molecule has 4 heteroatoms. The maximum absolute atomic E-state index is 4.98. The van der Waals surface area contributed by atoms with Crippen LogP contribution in [0.1, 0.15) is 0 Å². The largest absolute Gasteiger partial charge is 0.346 e. The minimum atomic E-state index is 0.781. The molecule has 0 atom stereocenters. The molecule has 1 N–H and O–H groups in total. The first-order valence-electron chi connectivity index (χ1n) is 6.85. The molecule has 2 aromatic heterocycles. The van der Waals surface area contributed by atoms with Crippen molar-refractivity contribution >= 4 is 46.7 Å². The lowest BCUT2D eigenvalue weighted by Gasteiger charge is -1.97. The van der Waals surface area contributed by atoms with E-state index in [1.807, 2.05) is 60.7 Å². The third-order valence-corrected chi connectivity index (χ3v) is 3.84. The van der Waals surface area contributed by atoms with E-state index in [1.54, 1.807) is 6.20 Å². The highest BCUT2D eigenvalue weighted by Gasteiger charge is 1.94. The van der Waals surface area contributed by atoms with Crippen LogP contribution in [0.25, 0.3) is 21.8 Å². The highest BCUT2D eigenvalue weighted by Crippen LogP contribution is 2.18.